The first-order chi connectivity index (χ1) is 17.2. The molecule has 9 heteroatoms. The Morgan fingerprint density at radius 3 is 2.69 bits per heavy atom. The summed E-state index contributed by atoms with van der Waals surface area (Å²) >= 11 is 0. The summed E-state index contributed by atoms with van der Waals surface area (Å²) in [7, 11) is 1.81. The fraction of sp³-hybridized carbons (Fsp3) is 0.370. The second-order valence-corrected chi connectivity index (χ2v) is 9.75. The van der Waals surface area contributed by atoms with Gasteiger partial charge in [0, 0.05) is 43.3 Å². The predicted octanol–water partition coefficient (Wildman–Crippen LogP) is 3.82. The standard InChI is InChI=1S/C27H27FN6O2/c1-16-8-22(34-7-6-27(15-29,26(34)36)20-4-5-20)12-24(31-16)25(35)30-13-18-9-19(11-21(28)10-18)23-14-33(3)32-17(23)2/h8-12,14,20H,4-7,13H2,1-3H3,(H,30,35)/t27-/m1/s1. The average Bonchev–Trinajstić information content (AvgIpc) is 3.56. The summed E-state index contributed by atoms with van der Waals surface area (Å²) < 4.78 is 16.0. The van der Waals surface area contributed by atoms with Crippen molar-refractivity contribution in [3.05, 3.63) is 65.0 Å². The molecule has 1 N–H and O–H groups in total. The largest absolute Gasteiger partial charge is 0.347 e. The molecule has 1 saturated heterocycles. The van der Waals surface area contributed by atoms with Crippen molar-refractivity contribution in [2.24, 2.45) is 18.4 Å². The van der Waals surface area contributed by atoms with Crippen molar-refractivity contribution in [2.45, 2.75) is 39.7 Å². The van der Waals surface area contributed by atoms with Gasteiger partial charge in [0.25, 0.3) is 5.91 Å². The normalized spacial score (nSPS) is 19.4. The molecule has 184 valence electrons. The van der Waals surface area contributed by atoms with Crippen molar-refractivity contribution >= 4 is 17.5 Å². The second-order valence-electron chi connectivity index (χ2n) is 9.75. The Balaban J connectivity index is 1.34. The number of aryl methyl sites for hydroxylation is 3. The zero-order chi connectivity index (χ0) is 25.6. The van der Waals surface area contributed by atoms with Gasteiger partial charge in [-0.15, -0.1) is 0 Å². The van der Waals surface area contributed by atoms with Crippen LogP contribution < -0.4 is 10.2 Å². The molecule has 2 aliphatic rings. The number of carbonyl (C=O) groups excluding carboxylic acids is 2. The summed E-state index contributed by atoms with van der Waals surface area (Å²) in [5.74, 6) is -0.899. The van der Waals surface area contributed by atoms with E-state index in [1.807, 2.05) is 26.2 Å². The molecule has 0 bridgehead atoms. The minimum Gasteiger partial charge on any atom is -0.347 e. The van der Waals surface area contributed by atoms with E-state index >= 15 is 0 Å². The van der Waals surface area contributed by atoms with Crippen molar-refractivity contribution in [3.63, 3.8) is 0 Å². The minimum absolute atomic E-state index is 0.107. The first-order valence-electron chi connectivity index (χ1n) is 12.0. The minimum atomic E-state index is -0.957. The van der Waals surface area contributed by atoms with Crippen LogP contribution in [0, 0.1) is 42.3 Å². The molecule has 1 atom stereocenters. The average molecular weight is 487 g/mol. The molecule has 3 aromatic rings. The molecule has 2 fully saturated rings. The molecule has 0 spiro atoms. The Morgan fingerprint density at radius 2 is 2.03 bits per heavy atom. The SMILES string of the molecule is Cc1cc(N2CC[C@@](C#N)(C3CC3)C2=O)cc(C(=O)NCc2cc(F)cc(-c3cn(C)nc3C)c2)n1. The van der Waals surface area contributed by atoms with E-state index in [4.69, 9.17) is 0 Å². The number of nitrogens with one attached hydrogen (secondary N) is 1. The van der Waals surface area contributed by atoms with Gasteiger partial charge in [-0.2, -0.15) is 10.4 Å². The van der Waals surface area contributed by atoms with Crippen LogP contribution in [0.4, 0.5) is 10.1 Å². The number of amides is 2. The number of benzene rings is 1. The lowest BCUT2D eigenvalue weighted by Crippen LogP contribution is -2.35. The van der Waals surface area contributed by atoms with Gasteiger partial charge >= 0.3 is 0 Å². The highest BCUT2D eigenvalue weighted by Gasteiger charge is 2.56. The zero-order valence-electron chi connectivity index (χ0n) is 20.5. The molecule has 0 unspecified atom stereocenters. The third kappa shape index (κ3) is 4.24. The number of rotatable bonds is 6. The van der Waals surface area contributed by atoms with Gasteiger partial charge in [-0.05, 0) is 80.5 Å². The summed E-state index contributed by atoms with van der Waals surface area (Å²) in [6.07, 6.45) is 4.12. The summed E-state index contributed by atoms with van der Waals surface area (Å²) in [4.78, 5) is 32.1. The lowest BCUT2D eigenvalue weighted by Gasteiger charge is -2.21. The molecule has 8 nitrogen and oxygen atoms in total. The maximum absolute atomic E-state index is 14.4. The molecule has 2 aromatic heterocycles. The molecule has 3 heterocycles. The molecular weight excluding hydrogens is 459 g/mol. The Morgan fingerprint density at radius 1 is 1.25 bits per heavy atom. The van der Waals surface area contributed by atoms with Crippen LogP contribution >= 0.6 is 0 Å². The number of hydrogen-bond donors (Lipinski definition) is 1. The Hall–Kier alpha value is -4.06. The molecule has 1 aromatic carbocycles. The number of nitriles is 1. The van der Waals surface area contributed by atoms with Crippen molar-refractivity contribution < 1.29 is 14.0 Å². The Kier molecular flexibility index (Phi) is 5.83. The van der Waals surface area contributed by atoms with Crippen molar-refractivity contribution in [1.82, 2.24) is 20.1 Å². The van der Waals surface area contributed by atoms with E-state index < -0.39 is 17.1 Å². The zero-order valence-corrected chi connectivity index (χ0v) is 20.5. The Bertz CT molecular complexity index is 1420. The van der Waals surface area contributed by atoms with Crippen LogP contribution in [0.15, 0.2) is 36.5 Å². The van der Waals surface area contributed by atoms with Crippen LogP contribution in [0.25, 0.3) is 11.1 Å². The topological polar surface area (TPSA) is 104 Å². The van der Waals surface area contributed by atoms with Gasteiger partial charge in [0.15, 0.2) is 0 Å². The summed E-state index contributed by atoms with van der Waals surface area (Å²) in [6.45, 7) is 4.16. The molecule has 1 saturated carbocycles. The van der Waals surface area contributed by atoms with E-state index in [-0.39, 0.29) is 24.1 Å². The van der Waals surface area contributed by atoms with Gasteiger partial charge in [0.05, 0.1) is 11.8 Å². The molecular formula is C27H27FN6O2. The van der Waals surface area contributed by atoms with E-state index in [2.05, 4.69) is 21.5 Å². The van der Waals surface area contributed by atoms with Crippen molar-refractivity contribution in [3.8, 4) is 17.2 Å². The highest BCUT2D eigenvalue weighted by atomic mass is 19.1. The van der Waals surface area contributed by atoms with Gasteiger partial charge < -0.3 is 10.2 Å². The molecule has 5 rings (SSSR count). The predicted molar refractivity (Wildman–Crippen MR) is 131 cm³/mol. The lowest BCUT2D eigenvalue weighted by molar-refractivity contribution is -0.123. The molecule has 0 radical (unpaired) electrons. The maximum Gasteiger partial charge on any atom is 0.270 e. The molecule has 2 amide bonds. The molecule has 36 heavy (non-hydrogen) atoms. The number of anilines is 1. The smallest absolute Gasteiger partial charge is 0.270 e. The van der Waals surface area contributed by atoms with E-state index in [0.717, 1.165) is 24.1 Å². The molecule has 1 aliphatic heterocycles. The molecule has 1 aliphatic carbocycles. The third-order valence-electron chi connectivity index (χ3n) is 7.05. The van der Waals surface area contributed by atoms with Crippen molar-refractivity contribution in [2.75, 3.05) is 11.4 Å². The number of aromatic nitrogens is 3. The van der Waals surface area contributed by atoms with E-state index in [1.54, 1.807) is 28.6 Å². The number of halogens is 1. The lowest BCUT2D eigenvalue weighted by atomic mass is 9.83. The number of nitrogens with zero attached hydrogens (tertiary/aromatic N) is 5. The third-order valence-corrected chi connectivity index (χ3v) is 7.05. The van der Waals surface area contributed by atoms with Crippen LogP contribution in [0.3, 0.4) is 0 Å². The monoisotopic (exact) mass is 486 g/mol. The van der Waals surface area contributed by atoms with Crippen LogP contribution in [0.2, 0.25) is 0 Å². The van der Waals surface area contributed by atoms with Crippen molar-refractivity contribution in [1.29, 1.82) is 5.26 Å². The summed E-state index contributed by atoms with van der Waals surface area (Å²) in [5, 5.41) is 16.9. The van der Waals surface area contributed by atoms with Crippen LogP contribution in [0.1, 0.15) is 46.7 Å². The Labute approximate surface area is 208 Å². The van der Waals surface area contributed by atoms with Gasteiger partial charge in [-0.1, -0.05) is 0 Å². The summed E-state index contributed by atoms with van der Waals surface area (Å²) in [5.41, 5.74) is 3.26. The first kappa shape index (κ1) is 23.7. The van der Waals surface area contributed by atoms with E-state index in [0.29, 0.717) is 35.5 Å². The quantitative estimate of drug-likeness (QED) is 0.570. The second kappa shape index (κ2) is 8.86. The fourth-order valence-electron chi connectivity index (χ4n) is 5.12. The highest BCUT2D eigenvalue weighted by molar-refractivity contribution is 6.03. The number of carbonyl (C=O) groups is 2. The van der Waals surface area contributed by atoms with Gasteiger partial charge in [0.1, 0.15) is 16.9 Å². The number of hydrogen-bond acceptors (Lipinski definition) is 5. The van der Waals surface area contributed by atoms with E-state index in [1.165, 1.54) is 12.1 Å². The van der Waals surface area contributed by atoms with Gasteiger partial charge in [-0.3, -0.25) is 14.3 Å². The summed E-state index contributed by atoms with van der Waals surface area (Å²) in [6, 6.07) is 10.3. The van der Waals surface area contributed by atoms with Gasteiger partial charge in [0.2, 0.25) is 5.91 Å². The van der Waals surface area contributed by atoms with E-state index in [9.17, 15) is 19.2 Å². The maximum atomic E-state index is 14.4. The van der Waals surface area contributed by atoms with Gasteiger partial charge in [-0.25, -0.2) is 9.37 Å². The van der Waals surface area contributed by atoms with Crippen LogP contribution in [-0.4, -0.2) is 33.1 Å². The number of pyridine rings is 1. The van der Waals surface area contributed by atoms with Crippen LogP contribution in [-0.2, 0) is 18.4 Å². The first-order valence-corrected chi connectivity index (χ1v) is 12.0. The van der Waals surface area contributed by atoms with Crippen LogP contribution in [0.5, 0.6) is 0 Å². The fourth-order valence-corrected chi connectivity index (χ4v) is 5.12. The highest BCUT2D eigenvalue weighted by Crippen LogP contribution is 2.51.